The zero-order valence-corrected chi connectivity index (χ0v) is 14.6. The van der Waals surface area contributed by atoms with Crippen LogP contribution in [0.15, 0.2) is 6.07 Å². The second kappa shape index (κ2) is 7.19. The molecule has 0 aromatic carbocycles. The molecule has 1 aliphatic heterocycles. The summed E-state index contributed by atoms with van der Waals surface area (Å²) in [5, 5.41) is 3.14. The molecule has 0 amide bonds. The van der Waals surface area contributed by atoms with E-state index in [0.29, 0.717) is 25.6 Å². The van der Waals surface area contributed by atoms with Gasteiger partial charge < -0.3 is 5.32 Å². The normalized spacial score (nSPS) is 20.8. The largest absolute Gasteiger partial charge is 0.319 e. The van der Waals surface area contributed by atoms with Crippen molar-refractivity contribution in [3.05, 3.63) is 21.4 Å². The molecular formula is C14H25N3O2S2. The Morgan fingerprint density at radius 1 is 1.43 bits per heavy atom. The van der Waals surface area contributed by atoms with Crippen LogP contribution >= 0.6 is 11.3 Å². The molecule has 21 heavy (non-hydrogen) atoms. The molecule has 0 radical (unpaired) electrons. The van der Waals surface area contributed by atoms with E-state index in [2.05, 4.69) is 30.0 Å². The predicted octanol–water partition coefficient (Wildman–Crippen LogP) is 1.63. The minimum absolute atomic E-state index is 0.384. The van der Waals surface area contributed by atoms with Crippen molar-refractivity contribution in [2.75, 3.05) is 26.7 Å². The van der Waals surface area contributed by atoms with E-state index >= 15 is 0 Å². The Bertz CT molecular complexity index is 547. The fourth-order valence-corrected chi connectivity index (χ4v) is 5.07. The fraction of sp³-hybridized carbons (Fsp3) is 0.714. The van der Waals surface area contributed by atoms with E-state index in [-0.39, 0.29) is 0 Å². The lowest BCUT2D eigenvalue weighted by Gasteiger charge is -2.31. The van der Waals surface area contributed by atoms with Crippen LogP contribution in [0.5, 0.6) is 0 Å². The van der Waals surface area contributed by atoms with Crippen LogP contribution in [0.4, 0.5) is 0 Å². The van der Waals surface area contributed by atoms with E-state index in [1.54, 1.807) is 15.6 Å². The molecule has 1 unspecified atom stereocenters. The average Bonchev–Trinajstić information content (AvgIpc) is 2.77. The topological polar surface area (TPSA) is 61.4 Å². The molecule has 1 aromatic rings. The molecule has 1 atom stereocenters. The number of nitrogens with zero attached hydrogens (tertiary/aromatic N) is 1. The van der Waals surface area contributed by atoms with E-state index in [1.165, 1.54) is 10.4 Å². The summed E-state index contributed by atoms with van der Waals surface area (Å²) >= 11 is 1.65. The minimum Gasteiger partial charge on any atom is -0.319 e. The van der Waals surface area contributed by atoms with Crippen LogP contribution in [0.1, 0.15) is 28.2 Å². The van der Waals surface area contributed by atoms with Crippen LogP contribution in [0, 0.1) is 19.8 Å². The maximum atomic E-state index is 12.4. The van der Waals surface area contributed by atoms with Crippen molar-refractivity contribution >= 4 is 21.5 Å². The first-order valence-electron chi connectivity index (χ1n) is 7.37. The minimum atomic E-state index is -3.37. The molecule has 0 saturated carbocycles. The molecule has 1 fully saturated rings. The third-order valence-electron chi connectivity index (χ3n) is 3.96. The molecule has 1 aromatic heterocycles. The van der Waals surface area contributed by atoms with Crippen molar-refractivity contribution in [3.8, 4) is 0 Å². The standard InChI is InChI=1S/C14H25N3O2S2/c1-11-7-14(20-12(11)2)9-16-21(18,19)17-6-4-5-13(10-17)8-15-3/h7,13,15-16H,4-6,8-10H2,1-3H3. The van der Waals surface area contributed by atoms with E-state index in [9.17, 15) is 8.42 Å². The quantitative estimate of drug-likeness (QED) is 0.833. The van der Waals surface area contributed by atoms with Crippen molar-refractivity contribution < 1.29 is 8.42 Å². The van der Waals surface area contributed by atoms with Gasteiger partial charge in [-0.15, -0.1) is 11.3 Å². The number of hydrogen-bond acceptors (Lipinski definition) is 4. The Morgan fingerprint density at radius 3 is 2.81 bits per heavy atom. The van der Waals surface area contributed by atoms with E-state index in [1.807, 2.05) is 7.05 Å². The Hall–Kier alpha value is -0.470. The second-order valence-electron chi connectivity index (χ2n) is 5.70. The lowest BCUT2D eigenvalue weighted by Crippen LogP contribution is -2.47. The third kappa shape index (κ3) is 4.50. The third-order valence-corrected chi connectivity index (χ3v) is 6.63. The van der Waals surface area contributed by atoms with Crippen LogP contribution < -0.4 is 10.0 Å². The molecular weight excluding hydrogens is 306 g/mol. The first kappa shape index (κ1) is 16.9. The Kier molecular flexibility index (Phi) is 5.79. The van der Waals surface area contributed by atoms with Gasteiger partial charge in [0.15, 0.2) is 0 Å². The van der Waals surface area contributed by atoms with Gasteiger partial charge >= 0.3 is 0 Å². The summed E-state index contributed by atoms with van der Waals surface area (Å²) in [5.41, 5.74) is 1.22. The molecule has 1 saturated heterocycles. The Labute approximate surface area is 131 Å². The highest BCUT2D eigenvalue weighted by Crippen LogP contribution is 2.21. The Morgan fingerprint density at radius 2 is 2.19 bits per heavy atom. The van der Waals surface area contributed by atoms with Gasteiger partial charge in [-0.1, -0.05) is 0 Å². The summed E-state index contributed by atoms with van der Waals surface area (Å²) in [7, 11) is -1.46. The molecule has 5 nitrogen and oxygen atoms in total. The monoisotopic (exact) mass is 331 g/mol. The van der Waals surface area contributed by atoms with E-state index in [4.69, 9.17) is 0 Å². The number of piperidine rings is 1. The molecule has 120 valence electrons. The Balaban J connectivity index is 1.94. The number of rotatable bonds is 6. The lowest BCUT2D eigenvalue weighted by molar-refractivity contribution is 0.261. The van der Waals surface area contributed by atoms with Gasteiger partial charge in [0.2, 0.25) is 0 Å². The number of hydrogen-bond donors (Lipinski definition) is 2. The predicted molar refractivity (Wildman–Crippen MR) is 87.8 cm³/mol. The number of nitrogens with one attached hydrogen (secondary N) is 2. The molecule has 0 spiro atoms. The van der Waals surface area contributed by atoms with Gasteiger partial charge in [-0.25, -0.2) is 0 Å². The van der Waals surface area contributed by atoms with Crippen LogP contribution in [0.2, 0.25) is 0 Å². The van der Waals surface area contributed by atoms with Crippen molar-refractivity contribution in [2.45, 2.75) is 33.2 Å². The SMILES string of the molecule is CNCC1CCCN(S(=O)(=O)NCc2cc(C)c(C)s2)C1. The van der Waals surface area contributed by atoms with Gasteiger partial charge in [-0.2, -0.15) is 17.4 Å². The summed E-state index contributed by atoms with van der Waals surface area (Å²) in [4.78, 5) is 2.31. The highest BCUT2D eigenvalue weighted by atomic mass is 32.2. The number of aryl methyl sites for hydroxylation is 2. The maximum absolute atomic E-state index is 12.4. The fourth-order valence-electron chi connectivity index (χ4n) is 2.69. The van der Waals surface area contributed by atoms with Gasteiger partial charge in [0, 0.05) is 29.4 Å². The van der Waals surface area contributed by atoms with Crippen molar-refractivity contribution in [1.82, 2.24) is 14.3 Å². The van der Waals surface area contributed by atoms with Crippen LogP contribution in [-0.2, 0) is 16.8 Å². The van der Waals surface area contributed by atoms with E-state index in [0.717, 1.165) is 24.3 Å². The van der Waals surface area contributed by atoms with Gasteiger partial charge in [0.1, 0.15) is 0 Å². The summed E-state index contributed by atoms with van der Waals surface area (Å²) in [6.07, 6.45) is 2.03. The molecule has 2 N–H and O–H groups in total. The molecule has 7 heteroatoms. The second-order valence-corrected chi connectivity index (χ2v) is 8.80. The van der Waals surface area contributed by atoms with Gasteiger partial charge in [0.25, 0.3) is 10.2 Å². The van der Waals surface area contributed by atoms with E-state index < -0.39 is 10.2 Å². The highest BCUT2D eigenvalue weighted by Gasteiger charge is 2.28. The summed E-state index contributed by atoms with van der Waals surface area (Å²) in [5.74, 6) is 0.409. The van der Waals surface area contributed by atoms with Gasteiger partial charge in [0.05, 0.1) is 0 Å². The summed E-state index contributed by atoms with van der Waals surface area (Å²) in [6.45, 7) is 6.60. The lowest BCUT2D eigenvalue weighted by atomic mass is 10.00. The highest BCUT2D eigenvalue weighted by molar-refractivity contribution is 7.87. The van der Waals surface area contributed by atoms with Crippen LogP contribution in [0.25, 0.3) is 0 Å². The molecule has 2 rings (SSSR count). The molecule has 0 bridgehead atoms. The first-order valence-corrected chi connectivity index (χ1v) is 9.63. The smallest absolute Gasteiger partial charge is 0.279 e. The van der Waals surface area contributed by atoms with Crippen LogP contribution in [-0.4, -0.2) is 39.4 Å². The summed E-state index contributed by atoms with van der Waals surface area (Å²) < 4.78 is 29.1. The molecule has 0 aliphatic carbocycles. The number of thiophene rings is 1. The van der Waals surface area contributed by atoms with Crippen molar-refractivity contribution in [2.24, 2.45) is 5.92 Å². The first-order chi connectivity index (χ1) is 9.92. The van der Waals surface area contributed by atoms with Gasteiger partial charge in [-0.05, 0) is 57.8 Å². The van der Waals surface area contributed by atoms with Crippen molar-refractivity contribution in [1.29, 1.82) is 0 Å². The average molecular weight is 332 g/mol. The van der Waals surface area contributed by atoms with Crippen LogP contribution in [0.3, 0.4) is 0 Å². The summed E-state index contributed by atoms with van der Waals surface area (Å²) in [6, 6.07) is 2.06. The van der Waals surface area contributed by atoms with Gasteiger partial charge in [-0.3, -0.25) is 0 Å². The van der Waals surface area contributed by atoms with Crippen molar-refractivity contribution in [3.63, 3.8) is 0 Å². The molecule has 2 heterocycles. The molecule has 1 aliphatic rings. The zero-order valence-electron chi connectivity index (χ0n) is 13.0. The maximum Gasteiger partial charge on any atom is 0.279 e. The zero-order chi connectivity index (χ0) is 15.5.